The molecule has 10 nitrogen and oxygen atoms in total. The predicted octanol–water partition coefficient (Wildman–Crippen LogP) is 2.02. The standard InChI is InChI=1S/C24H27ClN6O4/c1-14(2)12-30(19(32)11-28-16-8-9-17(22(27)33)18(25)10-16)20-21(26)31(24(35)29-23(20)34)13-15-6-4-3-5-7-15/h3-10,14,28H,11-13,26H2,1-2H3,(H2,27,33)(H,29,34,35). The van der Waals surface area contributed by atoms with E-state index in [1.54, 1.807) is 6.07 Å². The highest BCUT2D eigenvalue weighted by Gasteiger charge is 2.25. The summed E-state index contributed by atoms with van der Waals surface area (Å²) >= 11 is 6.08. The highest BCUT2D eigenvalue weighted by atomic mass is 35.5. The number of nitrogen functional groups attached to an aromatic ring is 1. The molecular formula is C24H27ClN6O4. The van der Waals surface area contributed by atoms with Gasteiger partial charge in [0.1, 0.15) is 5.82 Å². The molecule has 0 spiro atoms. The van der Waals surface area contributed by atoms with E-state index >= 15 is 0 Å². The van der Waals surface area contributed by atoms with Crippen molar-refractivity contribution >= 4 is 40.6 Å². The zero-order chi connectivity index (χ0) is 25.7. The second-order valence-corrected chi connectivity index (χ2v) is 8.78. The fourth-order valence-electron chi connectivity index (χ4n) is 3.54. The monoisotopic (exact) mass is 498 g/mol. The largest absolute Gasteiger partial charge is 0.383 e. The lowest BCUT2D eigenvalue weighted by atomic mass is 10.2. The van der Waals surface area contributed by atoms with Gasteiger partial charge in [0.15, 0.2) is 5.69 Å². The summed E-state index contributed by atoms with van der Waals surface area (Å²) in [4.78, 5) is 53.4. The van der Waals surface area contributed by atoms with Crippen LogP contribution in [0.5, 0.6) is 0 Å². The molecule has 2 aromatic carbocycles. The molecule has 1 heterocycles. The van der Waals surface area contributed by atoms with Gasteiger partial charge in [-0.05, 0) is 29.7 Å². The quantitative estimate of drug-likeness (QED) is 0.353. The number of aromatic nitrogens is 2. The Morgan fingerprint density at radius 3 is 2.43 bits per heavy atom. The van der Waals surface area contributed by atoms with Crippen LogP contribution in [0.1, 0.15) is 29.8 Å². The Kier molecular flexibility index (Phi) is 7.98. The second kappa shape index (κ2) is 10.9. The molecule has 0 aliphatic heterocycles. The number of nitrogens with two attached hydrogens (primary N) is 2. The summed E-state index contributed by atoms with van der Waals surface area (Å²) in [6, 6.07) is 13.6. The summed E-state index contributed by atoms with van der Waals surface area (Å²) in [6.45, 7) is 3.90. The number of benzene rings is 2. The minimum atomic E-state index is -0.750. The maximum Gasteiger partial charge on any atom is 0.330 e. The molecular weight excluding hydrogens is 472 g/mol. The number of hydrogen-bond donors (Lipinski definition) is 4. The van der Waals surface area contributed by atoms with Crippen LogP contribution in [-0.4, -0.2) is 34.5 Å². The highest BCUT2D eigenvalue weighted by molar-refractivity contribution is 6.34. The van der Waals surface area contributed by atoms with Crippen LogP contribution >= 0.6 is 11.6 Å². The van der Waals surface area contributed by atoms with Gasteiger partial charge >= 0.3 is 5.69 Å². The van der Waals surface area contributed by atoms with Crippen molar-refractivity contribution in [2.24, 2.45) is 11.7 Å². The number of amides is 2. The van der Waals surface area contributed by atoms with E-state index in [-0.39, 0.29) is 47.6 Å². The number of carbonyl (C=O) groups excluding carboxylic acids is 2. The lowest BCUT2D eigenvalue weighted by Gasteiger charge is -2.26. The van der Waals surface area contributed by atoms with Gasteiger partial charge in [0.05, 0.1) is 23.7 Å². The Morgan fingerprint density at radius 1 is 1.14 bits per heavy atom. The van der Waals surface area contributed by atoms with E-state index in [4.69, 9.17) is 23.1 Å². The Morgan fingerprint density at radius 2 is 1.83 bits per heavy atom. The van der Waals surface area contributed by atoms with Crippen LogP contribution < -0.4 is 32.9 Å². The third-order valence-corrected chi connectivity index (χ3v) is 5.51. The van der Waals surface area contributed by atoms with E-state index in [1.165, 1.54) is 21.6 Å². The molecule has 0 saturated heterocycles. The van der Waals surface area contributed by atoms with Gasteiger partial charge in [-0.25, -0.2) is 4.79 Å². The maximum absolute atomic E-state index is 13.2. The SMILES string of the molecule is CC(C)CN(C(=O)CNc1ccc(C(N)=O)c(Cl)c1)c1c(N)n(Cc2ccccc2)c(=O)[nH]c1=O. The Hall–Kier alpha value is -4.05. The van der Waals surface area contributed by atoms with Gasteiger partial charge in [0.2, 0.25) is 11.8 Å². The van der Waals surface area contributed by atoms with Crippen molar-refractivity contribution in [1.82, 2.24) is 9.55 Å². The molecule has 0 atom stereocenters. The number of nitrogens with one attached hydrogen (secondary N) is 2. The number of halogens is 1. The van der Waals surface area contributed by atoms with Crippen LogP contribution in [0.15, 0.2) is 58.1 Å². The zero-order valence-electron chi connectivity index (χ0n) is 19.4. The molecule has 0 aliphatic rings. The number of primary amides is 1. The van der Waals surface area contributed by atoms with E-state index < -0.39 is 23.1 Å². The minimum Gasteiger partial charge on any atom is -0.383 e. The summed E-state index contributed by atoms with van der Waals surface area (Å²) in [7, 11) is 0. The molecule has 11 heteroatoms. The summed E-state index contributed by atoms with van der Waals surface area (Å²) in [5.74, 6) is -1.22. The molecule has 184 valence electrons. The fraction of sp³-hybridized carbons (Fsp3) is 0.250. The normalized spacial score (nSPS) is 10.9. The number of nitrogens with zero attached hydrogens (tertiary/aromatic N) is 2. The first kappa shape index (κ1) is 25.6. The first-order valence-corrected chi connectivity index (χ1v) is 11.3. The van der Waals surface area contributed by atoms with Crippen LogP contribution in [0.2, 0.25) is 5.02 Å². The van der Waals surface area contributed by atoms with E-state index in [2.05, 4.69) is 10.3 Å². The summed E-state index contributed by atoms with van der Waals surface area (Å²) in [5.41, 5.74) is 11.5. The Balaban J connectivity index is 1.92. The first-order valence-electron chi connectivity index (χ1n) is 10.9. The molecule has 0 radical (unpaired) electrons. The molecule has 1 aromatic heterocycles. The maximum atomic E-state index is 13.2. The molecule has 0 aliphatic carbocycles. The molecule has 0 unspecified atom stereocenters. The number of carbonyl (C=O) groups is 2. The molecule has 2 amide bonds. The van der Waals surface area contributed by atoms with Crippen LogP contribution in [0.3, 0.4) is 0 Å². The van der Waals surface area contributed by atoms with E-state index in [0.29, 0.717) is 5.69 Å². The molecule has 0 saturated carbocycles. The number of H-pyrrole nitrogens is 1. The smallest absolute Gasteiger partial charge is 0.330 e. The molecule has 3 rings (SSSR count). The van der Waals surface area contributed by atoms with Crippen molar-refractivity contribution in [2.75, 3.05) is 29.0 Å². The minimum absolute atomic E-state index is 0.00320. The number of rotatable bonds is 9. The zero-order valence-corrected chi connectivity index (χ0v) is 20.1. The van der Waals surface area contributed by atoms with Gasteiger partial charge in [-0.3, -0.25) is 23.9 Å². The van der Waals surface area contributed by atoms with Crippen molar-refractivity contribution in [3.8, 4) is 0 Å². The predicted molar refractivity (Wildman–Crippen MR) is 137 cm³/mol. The van der Waals surface area contributed by atoms with Crippen molar-refractivity contribution in [1.29, 1.82) is 0 Å². The van der Waals surface area contributed by atoms with Crippen molar-refractivity contribution in [3.63, 3.8) is 0 Å². The average molecular weight is 499 g/mol. The molecule has 3 aromatic rings. The van der Waals surface area contributed by atoms with Gasteiger partial charge in [0.25, 0.3) is 5.56 Å². The van der Waals surface area contributed by atoms with Crippen molar-refractivity contribution in [3.05, 3.63) is 85.5 Å². The van der Waals surface area contributed by atoms with E-state index in [9.17, 15) is 19.2 Å². The number of hydrogen-bond acceptors (Lipinski definition) is 6. The molecule has 0 bridgehead atoms. The van der Waals surface area contributed by atoms with Crippen molar-refractivity contribution < 1.29 is 9.59 Å². The van der Waals surface area contributed by atoms with E-state index in [0.717, 1.165) is 5.56 Å². The van der Waals surface area contributed by atoms with Crippen LogP contribution in [0.4, 0.5) is 17.2 Å². The van der Waals surface area contributed by atoms with Gasteiger partial charge in [-0.2, -0.15) is 0 Å². The highest BCUT2D eigenvalue weighted by Crippen LogP contribution is 2.22. The molecule has 6 N–H and O–H groups in total. The van der Waals surface area contributed by atoms with Crippen LogP contribution in [0, 0.1) is 5.92 Å². The first-order chi connectivity index (χ1) is 16.6. The lowest BCUT2D eigenvalue weighted by molar-refractivity contribution is -0.117. The number of aromatic amines is 1. The third-order valence-electron chi connectivity index (χ3n) is 5.19. The average Bonchev–Trinajstić information content (AvgIpc) is 2.79. The topological polar surface area (TPSA) is 156 Å². The second-order valence-electron chi connectivity index (χ2n) is 8.38. The van der Waals surface area contributed by atoms with Crippen molar-refractivity contribution in [2.45, 2.75) is 20.4 Å². The third kappa shape index (κ3) is 6.10. The lowest BCUT2D eigenvalue weighted by Crippen LogP contribution is -2.44. The van der Waals surface area contributed by atoms with Gasteiger partial charge in [-0.1, -0.05) is 55.8 Å². The summed E-state index contributed by atoms with van der Waals surface area (Å²) in [6.07, 6.45) is 0. The summed E-state index contributed by atoms with van der Waals surface area (Å²) in [5, 5.41) is 3.07. The fourth-order valence-corrected chi connectivity index (χ4v) is 3.82. The summed E-state index contributed by atoms with van der Waals surface area (Å²) < 4.78 is 1.22. The van der Waals surface area contributed by atoms with Gasteiger partial charge in [-0.15, -0.1) is 0 Å². The Bertz CT molecular complexity index is 1350. The molecule has 35 heavy (non-hydrogen) atoms. The van der Waals surface area contributed by atoms with Crippen LogP contribution in [0.25, 0.3) is 0 Å². The van der Waals surface area contributed by atoms with Gasteiger partial charge in [0, 0.05) is 12.2 Å². The Labute approximate surface area is 206 Å². The number of anilines is 3. The van der Waals surface area contributed by atoms with Crippen LogP contribution in [-0.2, 0) is 11.3 Å². The molecule has 0 fully saturated rings. The van der Waals surface area contributed by atoms with Gasteiger partial charge < -0.3 is 21.7 Å². The van der Waals surface area contributed by atoms with E-state index in [1.807, 2.05) is 44.2 Å².